The van der Waals surface area contributed by atoms with E-state index in [1.807, 2.05) is 6.92 Å². The van der Waals surface area contributed by atoms with Crippen LogP contribution in [-0.4, -0.2) is 18.1 Å². The summed E-state index contributed by atoms with van der Waals surface area (Å²) in [6.07, 6.45) is 2.01. The minimum Gasteiger partial charge on any atom is -0.489 e. The van der Waals surface area contributed by atoms with Gasteiger partial charge in [0, 0.05) is 11.3 Å². The molecule has 0 fully saturated rings. The average molecular weight is 475 g/mol. The summed E-state index contributed by atoms with van der Waals surface area (Å²) in [6, 6.07) is 10.4. The quantitative estimate of drug-likeness (QED) is 0.450. The minimum absolute atomic E-state index is 0.0258. The van der Waals surface area contributed by atoms with Crippen molar-refractivity contribution in [1.82, 2.24) is 10.6 Å². The van der Waals surface area contributed by atoms with E-state index in [0.717, 1.165) is 12.8 Å². The number of hydrogen-bond acceptors (Lipinski definition) is 4. The van der Waals surface area contributed by atoms with Gasteiger partial charge < -0.3 is 20.1 Å². The SMILES string of the molecule is CCCCC1=C(C(=O)OC(C)C)C(c2ccc(OCc3c(F)cccc3Cl)cc2)NC(=O)N1. The number of unbranched alkanes of at least 4 members (excludes halogenated alkanes) is 1. The van der Waals surface area contributed by atoms with Crippen LogP contribution in [0, 0.1) is 5.82 Å². The molecule has 2 amide bonds. The lowest BCUT2D eigenvalue weighted by Crippen LogP contribution is -2.46. The highest BCUT2D eigenvalue weighted by molar-refractivity contribution is 6.31. The second kappa shape index (κ2) is 11.2. The summed E-state index contributed by atoms with van der Waals surface area (Å²) in [7, 11) is 0. The largest absolute Gasteiger partial charge is 0.489 e. The van der Waals surface area contributed by atoms with Crippen LogP contribution in [-0.2, 0) is 16.1 Å². The number of halogens is 2. The molecular formula is C25H28ClFN2O4. The molecule has 1 heterocycles. The smallest absolute Gasteiger partial charge is 0.338 e. The van der Waals surface area contributed by atoms with E-state index in [4.69, 9.17) is 21.1 Å². The fourth-order valence-electron chi connectivity index (χ4n) is 3.52. The number of ether oxygens (including phenoxy) is 2. The monoisotopic (exact) mass is 474 g/mol. The van der Waals surface area contributed by atoms with Crippen molar-refractivity contribution < 1.29 is 23.5 Å². The zero-order chi connectivity index (χ0) is 24.0. The highest BCUT2D eigenvalue weighted by Gasteiger charge is 2.33. The van der Waals surface area contributed by atoms with Crippen LogP contribution in [0.15, 0.2) is 53.7 Å². The van der Waals surface area contributed by atoms with E-state index in [1.165, 1.54) is 12.1 Å². The van der Waals surface area contributed by atoms with Crippen LogP contribution in [0.3, 0.4) is 0 Å². The van der Waals surface area contributed by atoms with E-state index in [-0.39, 0.29) is 24.3 Å². The van der Waals surface area contributed by atoms with E-state index in [2.05, 4.69) is 10.6 Å². The lowest BCUT2D eigenvalue weighted by atomic mass is 9.93. The maximum Gasteiger partial charge on any atom is 0.338 e. The van der Waals surface area contributed by atoms with Gasteiger partial charge in [0.2, 0.25) is 0 Å². The van der Waals surface area contributed by atoms with E-state index < -0.39 is 17.8 Å². The average Bonchev–Trinajstić information content (AvgIpc) is 2.76. The van der Waals surface area contributed by atoms with E-state index in [9.17, 15) is 14.0 Å². The van der Waals surface area contributed by atoms with Gasteiger partial charge in [-0.1, -0.05) is 43.1 Å². The Morgan fingerprint density at radius 1 is 1.18 bits per heavy atom. The zero-order valence-electron chi connectivity index (χ0n) is 18.9. The van der Waals surface area contributed by atoms with Crippen LogP contribution in [0.5, 0.6) is 5.75 Å². The number of rotatable bonds is 9. The van der Waals surface area contributed by atoms with Crippen molar-refractivity contribution in [3.8, 4) is 5.75 Å². The Kier molecular flexibility index (Phi) is 8.33. The van der Waals surface area contributed by atoms with Crippen LogP contribution < -0.4 is 15.4 Å². The maximum absolute atomic E-state index is 14.0. The first-order valence-electron chi connectivity index (χ1n) is 11.0. The lowest BCUT2D eigenvalue weighted by molar-refractivity contribution is -0.143. The third kappa shape index (κ3) is 6.26. The first-order chi connectivity index (χ1) is 15.8. The number of urea groups is 1. The Morgan fingerprint density at radius 2 is 1.91 bits per heavy atom. The molecule has 1 unspecified atom stereocenters. The van der Waals surface area contributed by atoms with Crippen molar-refractivity contribution in [1.29, 1.82) is 0 Å². The predicted octanol–water partition coefficient (Wildman–Crippen LogP) is 5.81. The molecule has 0 radical (unpaired) electrons. The Bertz CT molecular complexity index is 1020. The Hall–Kier alpha value is -3.06. The predicted molar refractivity (Wildman–Crippen MR) is 124 cm³/mol. The molecule has 0 spiro atoms. The van der Waals surface area contributed by atoms with Gasteiger partial charge >= 0.3 is 12.0 Å². The molecule has 0 bridgehead atoms. The fraction of sp³-hybridized carbons (Fsp3) is 0.360. The van der Waals surface area contributed by atoms with Crippen molar-refractivity contribution in [2.24, 2.45) is 0 Å². The highest BCUT2D eigenvalue weighted by Crippen LogP contribution is 2.31. The molecule has 176 valence electrons. The molecule has 0 saturated carbocycles. The molecule has 2 aromatic rings. The highest BCUT2D eigenvalue weighted by atomic mass is 35.5. The number of carbonyl (C=O) groups excluding carboxylic acids is 2. The molecule has 0 aliphatic carbocycles. The number of carbonyl (C=O) groups is 2. The minimum atomic E-state index is -0.660. The molecular weight excluding hydrogens is 447 g/mol. The van der Waals surface area contributed by atoms with E-state index >= 15 is 0 Å². The first-order valence-corrected chi connectivity index (χ1v) is 11.3. The number of amides is 2. The number of hydrogen-bond donors (Lipinski definition) is 2. The van der Waals surface area contributed by atoms with E-state index in [1.54, 1.807) is 44.2 Å². The molecule has 1 aliphatic heterocycles. The second-order valence-electron chi connectivity index (χ2n) is 8.04. The van der Waals surface area contributed by atoms with Crippen LogP contribution in [0.2, 0.25) is 5.02 Å². The summed E-state index contributed by atoms with van der Waals surface area (Å²) >= 11 is 6.05. The van der Waals surface area contributed by atoms with Gasteiger partial charge in [-0.3, -0.25) is 0 Å². The summed E-state index contributed by atoms with van der Waals surface area (Å²) in [5.41, 5.74) is 1.94. The molecule has 8 heteroatoms. The Labute approximate surface area is 198 Å². The number of allylic oxidation sites excluding steroid dienone is 1. The normalized spacial score (nSPS) is 15.8. The van der Waals surface area contributed by atoms with Gasteiger partial charge in [0.05, 0.1) is 22.7 Å². The van der Waals surface area contributed by atoms with Crippen molar-refractivity contribution >= 4 is 23.6 Å². The van der Waals surface area contributed by atoms with Crippen molar-refractivity contribution in [3.63, 3.8) is 0 Å². The van der Waals surface area contributed by atoms with Gasteiger partial charge in [0.1, 0.15) is 18.2 Å². The summed E-state index contributed by atoms with van der Waals surface area (Å²) in [4.78, 5) is 25.2. The molecule has 1 aliphatic rings. The Morgan fingerprint density at radius 3 is 2.55 bits per heavy atom. The number of benzene rings is 2. The number of esters is 1. The van der Waals surface area contributed by atoms with Crippen LogP contribution >= 0.6 is 11.6 Å². The van der Waals surface area contributed by atoms with Gasteiger partial charge in [-0.05, 0) is 56.5 Å². The third-order valence-electron chi connectivity index (χ3n) is 5.15. The summed E-state index contributed by atoms with van der Waals surface area (Å²) in [6.45, 7) is 5.58. The summed E-state index contributed by atoms with van der Waals surface area (Å²) in [5, 5.41) is 5.88. The molecule has 0 aromatic heterocycles. The van der Waals surface area contributed by atoms with Crippen LogP contribution in [0.4, 0.5) is 9.18 Å². The van der Waals surface area contributed by atoms with Crippen LogP contribution in [0.25, 0.3) is 0 Å². The summed E-state index contributed by atoms with van der Waals surface area (Å²) in [5.74, 6) is -0.405. The lowest BCUT2D eigenvalue weighted by Gasteiger charge is -2.30. The third-order valence-corrected chi connectivity index (χ3v) is 5.51. The maximum atomic E-state index is 14.0. The van der Waals surface area contributed by atoms with Gasteiger partial charge in [-0.25, -0.2) is 14.0 Å². The van der Waals surface area contributed by atoms with Crippen molar-refractivity contribution in [2.45, 2.75) is 58.8 Å². The topological polar surface area (TPSA) is 76.7 Å². The standard InChI is InChI=1S/C25H28ClFN2O4/c1-4-5-9-21-22(24(30)33-15(2)3)23(29-25(31)28-21)16-10-12-17(13-11-16)32-14-18-19(26)7-6-8-20(18)27/h6-8,10-13,15,23H,4-5,9,14H2,1-3H3,(H2,28,29,31). The van der Waals surface area contributed by atoms with Gasteiger partial charge in [0.25, 0.3) is 0 Å². The van der Waals surface area contributed by atoms with E-state index in [0.29, 0.717) is 34.0 Å². The Balaban J connectivity index is 1.84. The fourth-order valence-corrected chi connectivity index (χ4v) is 3.74. The number of nitrogens with one attached hydrogen (secondary N) is 2. The molecule has 1 atom stereocenters. The first kappa shape index (κ1) is 24.6. The second-order valence-corrected chi connectivity index (χ2v) is 8.45. The van der Waals surface area contributed by atoms with Gasteiger partial charge in [-0.2, -0.15) is 0 Å². The van der Waals surface area contributed by atoms with Crippen molar-refractivity contribution in [3.05, 3.63) is 75.7 Å². The molecule has 2 aromatic carbocycles. The summed E-state index contributed by atoms with van der Waals surface area (Å²) < 4.78 is 25.1. The van der Waals surface area contributed by atoms with Gasteiger partial charge in [-0.15, -0.1) is 0 Å². The molecule has 6 nitrogen and oxygen atoms in total. The molecule has 0 saturated heterocycles. The molecule has 3 rings (SSSR count). The van der Waals surface area contributed by atoms with Gasteiger partial charge in [0.15, 0.2) is 0 Å². The molecule has 33 heavy (non-hydrogen) atoms. The van der Waals surface area contributed by atoms with Crippen LogP contribution in [0.1, 0.15) is 57.2 Å². The zero-order valence-corrected chi connectivity index (χ0v) is 19.7. The van der Waals surface area contributed by atoms with Crippen molar-refractivity contribution in [2.75, 3.05) is 0 Å². The molecule has 2 N–H and O–H groups in total.